The van der Waals surface area contributed by atoms with Crippen LogP contribution < -0.4 is 0 Å². The lowest BCUT2D eigenvalue weighted by Crippen LogP contribution is -2.45. The van der Waals surface area contributed by atoms with E-state index in [1.165, 1.54) is 38.5 Å². The number of hydrogen-bond donors (Lipinski definition) is 1. The average molecular weight is 197 g/mol. The highest BCUT2D eigenvalue weighted by Gasteiger charge is 2.36. The van der Waals surface area contributed by atoms with Gasteiger partial charge in [-0.05, 0) is 32.1 Å². The zero-order valence-corrected chi connectivity index (χ0v) is 9.28. The van der Waals surface area contributed by atoms with Gasteiger partial charge >= 0.3 is 0 Å². The Morgan fingerprint density at radius 1 is 1.21 bits per heavy atom. The first-order valence-electron chi connectivity index (χ1n) is 6.25. The summed E-state index contributed by atoms with van der Waals surface area (Å²) in [5.41, 5.74) is 0. The third-order valence-corrected chi connectivity index (χ3v) is 3.92. The summed E-state index contributed by atoms with van der Waals surface area (Å²) in [7, 11) is 0. The normalized spacial score (nSPS) is 38.6. The van der Waals surface area contributed by atoms with E-state index in [1.54, 1.807) is 0 Å². The van der Waals surface area contributed by atoms with Crippen molar-refractivity contribution >= 4 is 0 Å². The second-order valence-corrected chi connectivity index (χ2v) is 4.96. The number of aliphatic hydroxyl groups is 1. The molecule has 2 heteroatoms. The van der Waals surface area contributed by atoms with E-state index in [2.05, 4.69) is 11.8 Å². The van der Waals surface area contributed by atoms with E-state index in [9.17, 15) is 5.11 Å². The van der Waals surface area contributed by atoms with Crippen LogP contribution in [0, 0.1) is 0 Å². The number of unbranched alkanes of at least 4 members (excludes halogenated alkanes) is 1. The quantitative estimate of drug-likeness (QED) is 0.749. The maximum Gasteiger partial charge on any atom is 0.0667 e. The van der Waals surface area contributed by atoms with E-state index >= 15 is 0 Å². The number of piperidine rings is 1. The molecular weight excluding hydrogens is 174 g/mol. The molecule has 0 radical (unpaired) electrons. The van der Waals surface area contributed by atoms with Crippen molar-refractivity contribution in [3.05, 3.63) is 0 Å². The number of nitrogens with zero attached hydrogens (tertiary/aromatic N) is 1. The van der Waals surface area contributed by atoms with Gasteiger partial charge in [0.1, 0.15) is 0 Å². The fraction of sp³-hybridized carbons (Fsp3) is 1.00. The van der Waals surface area contributed by atoms with Crippen molar-refractivity contribution in [2.24, 2.45) is 0 Å². The van der Waals surface area contributed by atoms with Gasteiger partial charge in [-0.2, -0.15) is 0 Å². The fourth-order valence-electron chi connectivity index (χ4n) is 3.09. The second-order valence-electron chi connectivity index (χ2n) is 4.96. The molecule has 1 N–H and O–H groups in total. The molecule has 0 saturated carbocycles. The van der Waals surface area contributed by atoms with Gasteiger partial charge in [0.25, 0.3) is 0 Å². The monoisotopic (exact) mass is 197 g/mol. The van der Waals surface area contributed by atoms with Crippen LogP contribution in [0.1, 0.15) is 51.9 Å². The molecule has 0 unspecified atom stereocenters. The van der Waals surface area contributed by atoms with Gasteiger partial charge in [-0.15, -0.1) is 0 Å². The molecule has 3 atom stereocenters. The summed E-state index contributed by atoms with van der Waals surface area (Å²) >= 11 is 0. The van der Waals surface area contributed by atoms with E-state index in [0.717, 1.165) is 25.0 Å². The van der Waals surface area contributed by atoms with E-state index in [1.807, 2.05) is 0 Å². The minimum absolute atomic E-state index is 0.0477. The van der Waals surface area contributed by atoms with Crippen LogP contribution in [0.2, 0.25) is 0 Å². The summed E-state index contributed by atoms with van der Waals surface area (Å²) in [5.74, 6) is 0. The molecule has 2 saturated heterocycles. The van der Waals surface area contributed by atoms with Crippen LogP contribution >= 0.6 is 0 Å². The molecule has 82 valence electrons. The zero-order chi connectivity index (χ0) is 9.97. The van der Waals surface area contributed by atoms with Crippen LogP contribution in [0.4, 0.5) is 0 Å². The van der Waals surface area contributed by atoms with Crippen molar-refractivity contribution in [3.8, 4) is 0 Å². The maximum atomic E-state index is 9.66. The van der Waals surface area contributed by atoms with Gasteiger partial charge in [0.2, 0.25) is 0 Å². The smallest absolute Gasteiger partial charge is 0.0667 e. The molecule has 2 aliphatic rings. The molecular formula is C12H23NO. The third kappa shape index (κ3) is 2.12. The average Bonchev–Trinajstić information content (AvgIpc) is 2.57. The SMILES string of the molecule is CCCC[C@H]1CC[C@H]2CC[C@@H](O)CN21. The van der Waals surface area contributed by atoms with Gasteiger partial charge in [-0.3, -0.25) is 4.90 Å². The zero-order valence-electron chi connectivity index (χ0n) is 9.28. The molecule has 0 aromatic rings. The van der Waals surface area contributed by atoms with Crippen LogP contribution in [0.25, 0.3) is 0 Å². The Morgan fingerprint density at radius 2 is 2.00 bits per heavy atom. The molecule has 0 aromatic carbocycles. The van der Waals surface area contributed by atoms with Crippen LogP contribution in [-0.2, 0) is 0 Å². The minimum Gasteiger partial charge on any atom is -0.392 e. The van der Waals surface area contributed by atoms with Gasteiger partial charge in [-0.25, -0.2) is 0 Å². The Kier molecular flexibility index (Phi) is 3.45. The summed E-state index contributed by atoms with van der Waals surface area (Å²) in [5, 5.41) is 9.66. The van der Waals surface area contributed by atoms with E-state index in [4.69, 9.17) is 0 Å². The molecule has 2 aliphatic heterocycles. The summed E-state index contributed by atoms with van der Waals surface area (Å²) < 4.78 is 0. The van der Waals surface area contributed by atoms with Gasteiger partial charge in [-0.1, -0.05) is 19.8 Å². The van der Waals surface area contributed by atoms with Crippen molar-refractivity contribution < 1.29 is 5.11 Å². The molecule has 2 nitrogen and oxygen atoms in total. The Labute approximate surface area is 87.3 Å². The summed E-state index contributed by atoms with van der Waals surface area (Å²) in [6.45, 7) is 3.20. The predicted molar refractivity (Wildman–Crippen MR) is 58.3 cm³/mol. The highest BCUT2D eigenvalue weighted by Crippen LogP contribution is 2.33. The first-order chi connectivity index (χ1) is 6.81. The summed E-state index contributed by atoms with van der Waals surface area (Å²) in [6, 6.07) is 1.59. The lowest BCUT2D eigenvalue weighted by molar-refractivity contribution is 0.0339. The standard InChI is InChI=1S/C12H23NO/c1-2-3-4-10-5-6-11-7-8-12(14)9-13(10)11/h10-12,14H,2-9H2,1H3/t10-,11-,12+/m0/s1. The number of fused-ring (bicyclic) bond motifs is 1. The van der Waals surface area contributed by atoms with Crippen LogP contribution in [-0.4, -0.2) is 34.7 Å². The number of aliphatic hydroxyl groups excluding tert-OH is 1. The Hall–Kier alpha value is -0.0800. The molecule has 2 rings (SSSR count). The molecule has 0 aliphatic carbocycles. The largest absolute Gasteiger partial charge is 0.392 e. The third-order valence-electron chi connectivity index (χ3n) is 3.92. The van der Waals surface area contributed by atoms with Crippen molar-refractivity contribution in [2.75, 3.05) is 6.54 Å². The van der Waals surface area contributed by atoms with Crippen molar-refractivity contribution in [3.63, 3.8) is 0 Å². The van der Waals surface area contributed by atoms with Crippen molar-refractivity contribution in [1.82, 2.24) is 4.90 Å². The highest BCUT2D eigenvalue weighted by molar-refractivity contribution is 4.92. The molecule has 2 fully saturated rings. The Balaban J connectivity index is 1.87. The Bertz CT molecular complexity index is 183. The van der Waals surface area contributed by atoms with Crippen LogP contribution in [0.5, 0.6) is 0 Å². The van der Waals surface area contributed by atoms with Crippen molar-refractivity contribution in [1.29, 1.82) is 0 Å². The molecule has 0 aromatic heterocycles. The predicted octanol–water partition coefficient (Wildman–Crippen LogP) is 2.16. The van der Waals surface area contributed by atoms with Crippen LogP contribution in [0.3, 0.4) is 0 Å². The lowest BCUT2D eigenvalue weighted by Gasteiger charge is -2.36. The molecule has 0 bridgehead atoms. The first-order valence-corrected chi connectivity index (χ1v) is 6.25. The number of hydrogen-bond acceptors (Lipinski definition) is 2. The van der Waals surface area contributed by atoms with Gasteiger partial charge < -0.3 is 5.11 Å². The minimum atomic E-state index is -0.0477. The first kappa shape index (κ1) is 10.4. The molecule has 0 spiro atoms. The fourth-order valence-corrected chi connectivity index (χ4v) is 3.09. The van der Waals surface area contributed by atoms with Gasteiger partial charge in [0.05, 0.1) is 6.10 Å². The van der Waals surface area contributed by atoms with Gasteiger partial charge in [0, 0.05) is 18.6 Å². The molecule has 2 heterocycles. The highest BCUT2D eigenvalue weighted by atomic mass is 16.3. The van der Waals surface area contributed by atoms with Crippen molar-refractivity contribution in [2.45, 2.75) is 70.1 Å². The topological polar surface area (TPSA) is 23.5 Å². The summed E-state index contributed by atoms with van der Waals surface area (Å²) in [4.78, 5) is 2.59. The molecule has 0 amide bonds. The second kappa shape index (κ2) is 4.63. The maximum absolute atomic E-state index is 9.66. The summed E-state index contributed by atoms with van der Waals surface area (Å²) in [6.07, 6.45) is 8.96. The van der Waals surface area contributed by atoms with E-state index < -0.39 is 0 Å². The molecule has 14 heavy (non-hydrogen) atoms. The lowest BCUT2D eigenvalue weighted by atomic mass is 10.0. The van der Waals surface area contributed by atoms with Gasteiger partial charge in [0.15, 0.2) is 0 Å². The number of rotatable bonds is 3. The van der Waals surface area contributed by atoms with E-state index in [0.29, 0.717) is 0 Å². The van der Waals surface area contributed by atoms with Crippen LogP contribution in [0.15, 0.2) is 0 Å². The van der Waals surface area contributed by atoms with E-state index in [-0.39, 0.29) is 6.10 Å². The Morgan fingerprint density at radius 3 is 2.79 bits per heavy atom.